The predicted molar refractivity (Wildman–Crippen MR) is 213 cm³/mol. The minimum absolute atomic E-state index is 0.0349. The fourth-order valence-corrected chi connectivity index (χ4v) is 7.52. The lowest BCUT2D eigenvalue weighted by Crippen LogP contribution is -2.56. The average molecular weight is 809 g/mol. The van der Waals surface area contributed by atoms with Crippen molar-refractivity contribution >= 4 is 52.1 Å². The minimum atomic E-state index is -1.99. The van der Waals surface area contributed by atoms with Gasteiger partial charge in [0.05, 0.1) is 16.8 Å². The zero-order valence-corrected chi connectivity index (χ0v) is 32.9. The number of aryl methyl sites for hydroxylation is 1. The number of nitrogens with two attached hydrogens (primary N) is 1. The maximum atomic E-state index is 15.3. The molecule has 1 aliphatic carbocycles. The summed E-state index contributed by atoms with van der Waals surface area (Å²) in [5.41, 5.74) is 4.77. The Morgan fingerprint density at radius 1 is 0.948 bits per heavy atom. The molecule has 17 nitrogen and oxygen atoms in total. The summed E-state index contributed by atoms with van der Waals surface area (Å²) in [6, 6.07) is 7.57. The van der Waals surface area contributed by atoms with Gasteiger partial charge >= 0.3 is 12.1 Å². The van der Waals surface area contributed by atoms with Crippen LogP contribution in [0.1, 0.15) is 76.2 Å². The Balaban J connectivity index is 1.16. The van der Waals surface area contributed by atoms with Crippen molar-refractivity contribution in [3.05, 3.63) is 69.8 Å². The minimum Gasteiger partial charge on any atom is -0.445 e. The van der Waals surface area contributed by atoms with Crippen LogP contribution in [-0.2, 0) is 32.3 Å². The highest BCUT2D eigenvalue weighted by molar-refractivity contribution is 6.07. The molecule has 2 heterocycles. The van der Waals surface area contributed by atoms with Crippen molar-refractivity contribution in [2.24, 2.45) is 11.1 Å². The van der Waals surface area contributed by atoms with Gasteiger partial charge in [0.1, 0.15) is 23.9 Å². The van der Waals surface area contributed by atoms with Crippen molar-refractivity contribution in [3.8, 4) is 0 Å². The van der Waals surface area contributed by atoms with E-state index in [4.69, 9.17) is 10.5 Å². The number of anilines is 2. The Morgan fingerprint density at radius 2 is 1.64 bits per heavy atom. The second-order valence-electron chi connectivity index (χ2n) is 14.6. The highest BCUT2D eigenvalue weighted by atomic mass is 19.1. The molecule has 1 saturated heterocycles. The number of benzene rings is 2. The maximum absolute atomic E-state index is 15.3. The zero-order valence-electron chi connectivity index (χ0n) is 32.9. The van der Waals surface area contributed by atoms with Gasteiger partial charge in [-0.2, -0.15) is 0 Å². The summed E-state index contributed by atoms with van der Waals surface area (Å²) in [5, 5.41) is 30.1. The zero-order chi connectivity index (χ0) is 42.0. The van der Waals surface area contributed by atoms with Gasteiger partial charge in [0.2, 0.25) is 17.7 Å². The van der Waals surface area contributed by atoms with Crippen molar-refractivity contribution in [1.82, 2.24) is 25.4 Å². The van der Waals surface area contributed by atoms with Gasteiger partial charge in [-0.1, -0.05) is 31.4 Å². The number of piperazine rings is 1. The van der Waals surface area contributed by atoms with Gasteiger partial charge in [-0.25, -0.2) is 14.0 Å². The van der Waals surface area contributed by atoms with Crippen LogP contribution >= 0.6 is 0 Å². The largest absolute Gasteiger partial charge is 0.445 e. The average Bonchev–Trinajstić information content (AvgIpc) is 3.21. The summed E-state index contributed by atoms with van der Waals surface area (Å²) in [6.45, 7) is 5.59. The van der Waals surface area contributed by atoms with Crippen LogP contribution in [0.3, 0.4) is 0 Å². The fraction of sp³-hybridized carbons (Fsp3) is 0.500. The number of amides is 6. The number of primary amides is 1. The number of ether oxygens (including phenoxy) is 1. The molecule has 1 atom stereocenters. The molecule has 18 heteroatoms. The summed E-state index contributed by atoms with van der Waals surface area (Å²) < 4.78 is 22.5. The number of hydrogen-bond donors (Lipinski definition) is 7. The Kier molecular flexibility index (Phi) is 14.7. The highest BCUT2D eigenvalue weighted by Crippen LogP contribution is 2.37. The molecule has 1 unspecified atom stereocenters. The van der Waals surface area contributed by atoms with E-state index in [1.54, 1.807) is 46.7 Å². The number of pyridine rings is 1. The van der Waals surface area contributed by atoms with Gasteiger partial charge < -0.3 is 56.3 Å². The van der Waals surface area contributed by atoms with Crippen molar-refractivity contribution in [2.45, 2.75) is 84.3 Å². The molecule has 5 rings (SSSR count). The molecular weight excluding hydrogens is 755 g/mol. The monoisotopic (exact) mass is 808 g/mol. The number of nitrogens with zero attached hydrogens (tertiary/aromatic N) is 3. The lowest BCUT2D eigenvalue weighted by atomic mass is 9.72. The molecular formula is C40H53FN8O9. The number of carbonyl (C=O) groups excluding carboxylic acids is 5. The first-order valence-electron chi connectivity index (χ1n) is 19.7. The van der Waals surface area contributed by atoms with Gasteiger partial charge in [-0.15, -0.1) is 0 Å². The molecule has 314 valence electrons. The molecule has 0 radical (unpaired) electrons. The number of carbonyl (C=O) groups is 5. The van der Waals surface area contributed by atoms with Crippen molar-refractivity contribution in [1.29, 1.82) is 0 Å². The van der Waals surface area contributed by atoms with E-state index < -0.39 is 52.9 Å². The number of aliphatic hydroxyl groups excluding tert-OH is 1. The lowest BCUT2D eigenvalue weighted by molar-refractivity contribution is -0.147. The van der Waals surface area contributed by atoms with Crippen LogP contribution in [-0.4, -0.2) is 94.8 Å². The Labute approximate surface area is 335 Å². The first kappa shape index (κ1) is 43.4. The van der Waals surface area contributed by atoms with Crippen LogP contribution in [0.15, 0.2) is 47.4 Å². The topological polar surface area (TPSA) is 238 Å². The van der Waals surface area contributed by atoms with Crippen LogP contribution < -0.4 is 37.3 Å². The van der Waals surface area contributed by atoms with E-state index in [-0.39, 0.29) is 55.2 Å². The Hall–Kier alpha value is -5.75. The molecule has 3 aromatic rings. The van der Waals surface area contributed by atoms with E-state index in [9.17, 15) is 39.0 Å². The standard InChI is InChI=1S/C40H53FN8O9/c1-3-43-36(54)40(14-6-5-7-15-40)37(55)46-30(9-8-16-44-38(42)56)34(51)45-26-12-10-25(11-13-26)24-58-39(57)49-19-17-48(18-20-49)32-22-31-27(21-29(32)41)33(50)28(35(52)53)23-47(31)4-2/h10-13,21-23,30,35,52-53H,3-9,14-20,24H2,1-2H3,(H,43,54)(H,45,51)(H,46,55)(H3,42,44,56). The van der Waals surface area contributed by atoms with Crippen molar-refractivity contribution in [2.75, 3.05) is 49.5 Å². The normalized spacial score (nSPS) is 15.8. The van der Waals surface area contributed by atoms with E-state index in [1.165, 1.54) is 11.1 Å². The number of halogens is 1. The highest BCUT2D eigenvalue weighted by Gasteiger charge is 2.47. The van der Waals surface area contributed by atoms with Gasteiger partial charge in [0, 0.05) is 63.1 Å². The third-order valence-electron chi connectivity index (χ3n) is 10.8. The molecule has 2 aliphatic rings. The summed E-state index contributed by atoms with van der Waals surface area (Å²) >= 11 is 0. The third kappa shape index (κ3) is 10.2. The molecule has 2 fully saturated rings. The maximum Gasteiger partial charge on any atom is 0.410 e. The quantitative estimate of drug-likeness (QED) is 0.0673. The fourth-order valence-electron chi connectivity index (χ4n) is 7.52. The number of fused-ring (bicyclic) bond motifs is 1. The van der Waals surface area contributed by atoms with Crippen molar-refractivity contribution < 1.29 is 43.3 Å². The first-order chi connectivity index (χ1) is 27.8. The number of aromatic nitrogens is 1. The van der Waals surface area contributed by atoms with Crippen LogP contribution in [0, 0.1) is 11.2 Å². The molecule has 1 aliphatic heterocycles. The molecule has 6 amide bonds. The van der Waals surface area contributed by atoms with E-state index in [0.717, 1.165) is 12.5 Å². The Morgan fingerprint density at radius 3 is 2.26 bits per heavy atom. The smallest absolute Gasteiger partial charge is 0.410 e. The molecule has 2 aromatic carbocycles. The van der Waals surface area contributed by atoms with Crippen LogP contribution in [0.2, 0.25) is 0 Å². The van der Waals surface area contributed by atoms with Gasteiger partial charge in [0.25, 0.3) is 0 Å². The second-order valence-corrected chi connectivity index (χ2v) is 14.6. The van der Waals surface area contributed by atoms with E-state index in [1.807, 2.05) is 6.92 Å². The molecule has 0 bridgehead atoms. The van der Waals surface area contributed by atoms with Crippen LogP contribution in [0.5, 0.6) is 0 Å². The summed E-state index contributed by atoms with van der Waals surface area (Å²) in [6.07, 6.45) is 2.39. The Bertz CT molecular complexity index is 2030. The molecule has 58 heavy (non-hydrogen) atoms. The number of hydrogen-bond acceptors (Lipinski definition) is 10. The SMILES string of the molecule is CCNC(=O)C1(C(=O)NC(CCCNC(N)=O)C(=O)Nc2ccc(COC(=O)N3CCN(c4cc5c(cc4F)c(=O)c(C(O)O)cn5CC)CC3)cc2)CCCCC1. The van der Waals surface area contributed by atoms with E-state index in [0.29, 0.717) is 75.1 Å². The van der Waals surface area contributed by atoms with E-state index in [2.05, 4.69) is 21.3 Å². The summed E-state index contributed by atoms with van der Waals surface area (Å²) in [4.78, 5) is 80.6. The summed E-state index contributed by atoms with van der Waals surface area (Å²) in [7, 11) is 0. The van der Waals surface area contributed by atoms with Gasteiger partial charge in [-0.05, 0) is 69.4 Å². The second kappa shape index (κ2) is 19.6. The van der Waals surface area contributed by atoms with Gasteiger partial charge in [-0.3, -0.25) is 19.2 Å². The predicted octanol–water partition coefficient (Wildman–Crippen LogP) is 2.56. The number of aliphatic hydroxyl groups is 2. The van der Waals surface area contributed by atoms with E-state index >= 15 is 4.39 Å². The van der Waals surface area contributed by atoms with Crippen LogP contribution in [0.4, 0.5) is 25.4 Å². The van der Waals surface area contributed by atoms with Gasteiger partial charge in [0.15, 0.2) is 11.7 Å². The molecule has 8 N–H and O–H groups in total. The van der Waals surface area contributed by atoms with Crippen LogP contribution in [0.25, 0.3) is 10.9 Å². The number of rotatable bonds is 15. The number of nitrogens with one attached hydrogen (secondary N) is 4. The molecule has 1 saturated carbocycles. The van der Waals surface area contributed by atoms with Crippen molar-refractivity contribution in [3.63, 3.8) is 0 Å². The molecule has 1 aromatic heterocycles. The number of urea groups is 1. The lowest BCUT2D eigenvalue weighted by Gasteiger charge is -2.35. The molecule has 0 spiro atoms. The first-order valence-corrected chi connectivity index (χ1v) is 19.7. The summed E-state index contributed by atoms with van der Waals surface area (Å²) in [5.74, 6) is -2.02. The third-order valence-corrected chi connectivity index (χ3v) is 10.8.